The summed E-state index contributed by atoms with van der Waals surface area (Å²) in [6.45, 7) is 3.81. The molecule has 0 radical (unpaired) electrons. The Labute approximate surface area is 89.4 Å². The van der Waals surface area contributed by atoms with Crippen LogP contribution in [0.4, 0.5) is 11.4 Å². The first-order valence-corrected chi connectivity index (χ1v) is 4.85. The first-order chi connectivity index (χ1) is 7.09. The molecule has 1 aromatic rings. The Morgan fingerprint density at radius 1 is 1.47 bits per heavy atom. The number of amides is 1. The van der Waals surface area contributed by atoms with Crippen LogP contribution in [-0.4, -0.2) is 18.6 Å². The number of nitrogens with one attached hydrogen (secondary N) is 1. The van der Waals surface area contributed by atoms with Gasteiger partial charge in [-0.15, -0.1) is 0 Å². The first kappa shape index (κ1) is 11.5. The Balaban J connectivity index is 2.48. The molecule has 0 saturated heterocycles. The highest BCUT2D eigenvalue weighted by Gasteiger charge is 2.05. The molecule has 0 unspecified atom stereocenters. The van der Waals surface area contributed by atoms with Crippen LogP contribution in [0.25, 0.3) is 0 Å². The Morgan fingerprint density at radius 2 is 2.13 bits per heavy atom. The summed E-state index contributed by atoms with van der Waals surface area (Å²) in [7, 11) is 0. The fourth-order valence-corrected chi connectivity index (χ4v) is 1.04. The number of para-hydroxylation sites is 2. The lowest BCUT2D eigenvalue weighted by Crippen LogP contribution is -2.21. The zero-order valence-corrected chi connectivity index (χ0v) is 8.99. The molecule has 0 saturated carbocycles. The number of ether oxygens (including phenoxy) is 1. The van der Waals surface area contributed by atoms with Crippen LogP contribution in [0.3, 0.4) is 0 Å². The van der Waals surface area contributed by atoms with Crippen LogP contribution >= 0.6 is 0 Å². The molecule has 3 N–H and O–H groups in total. The number of anilines is 2. The summed E-state index contributed by atoms with van der Waals surface area (Å²) in [6.07, 6.45) is 0.0453. The second-order valence-corrected chi connectivity index (χ2v) is 3.50. The maximum atomic E-state index is 11.4. The largest absolute Gasteiger partial charge is 0.397 e. The smallest absolute Gasteiger partial charge is 0.250 e. The van der Waals surface area contributed by atoms with Gasteiger partial charge in [-0.05, 0) is 26.0 Å². The molecule has 0 fully saturated rings. The van der Waals surface area contributed by atoms with Crippen molar-refractivity contribution in [3.63, 3.8) is 0 Å². The fraction of sp³-hybridized carbons (Fsp3) is 0.364. The molecule has 0 aliphatic carbocycles. The highest BCUT2D eigenvalue weighted by molar-refractivity contribution is 5.94. The van der Waals surface area contributed by atoms with Gasteiger partial charge in [-0.2, -0.15) is 0 Å². The standard InChI is InChI=1S/C11H16N2O2/c1-8(2)15-7-11(14)13-10-6-4-3-5-9(10)12/h3-6,8H,7,12H2,1-2H3,(H,13,14). The van der Waals surface area contributed by atoms with E-state index in [0.29, 0.717) is 11.4 Å². The lowest BCUT2D eigenvalue weighted by Gasteiger charge is -2.09. The summed E-state index contributed by atoms with van der Waals surface area (Å²) < 4.78 is 5.16. The summed E-state index contributed by atoms with van der Waals surface area (Å²) in [5, 5.41) is 2.68. The summed E-state index contributed by atoms with van der Waals surface area (Å²) in [5.74, 6) is -0.193. The molecule has 1 aromatic carbocycles. The number of hydrogen-bond donors (Lipinski definition) is 2. The van der Waals surface area contributed by atoms with Crippen molar-refractivity contribution in [3.05, 3.63) is 24.3 Å². The molecule has 1 amide bonds. The monoisotopic (exact) mass is 208 g/mol. The number of carbonyl (C=O) groups is 1. The van der Waals surface area contributed by atoms with Gasteiger partial charge in [-0.3, -0.25) is 4.79 Å². The van der Waals surface area contributed by atoms with Gasteiger partial charge in [0.1, 0.15) is 6.61 Å². The third kappa shape index (κ3) is 3.99. The molecule has 0 heterocycles. The average molecular weight is 208 g/mol. The van der Waals surface area contributed by atoms with Crippen molar-refractivity contribution in [2.75, 3.05) is 17.7 Å². The predicted octanol–water partition coefficient (Wildman–Crippen LogP) is 1.63. The van der Waals surface area contributed by atoms with E-state index in [1.54, 1.807) is 12.1 Å². The van der Waals surface area contributed by atoms with Gasteiger partial charge >= 0.3 is 0 Å². The highest BCUT2D eigenvalue weighted by atomic mass is 16.5. The summed E-state index contributed by atoms with van der Waals surface area (Å²) in [5.41, 5.74) is 6.84. The molecule has 0 aliphatic heterocycles. The Bertz CT molecular complexity index is 337. The topological polar surface area (TPSA) is 64.3 Å². The van der Waals surface area contributed by atoms with Crippen molar-refractivity contribution in [1.29, 1.82) is 0 Å². The fourth-order valence-electron chi connectivity index (χ4n) is 1.04. The van der Waals surface area contributed by atoms with Crippen molar-refractivity contribution in [1.82, 2.24) is 0 Å². The number of rotatable bonds is 4. The van der Waals surface area contributed by atoms with Crippen molar-refractivity contribution in [2.45, 2.75) is 20.0 Å². The second kappa shape index (κ2) is 5.36. The predicted molar refractivity (Wildman–Crippen MR) is 60.6 cm³/mol. The van der Waals surface area contributed by atoms with Crippen LogP contribution in [0.15, 0.2) is 24.3 Å². The molecule has 0 aliphatic rings. The zero-order chi connectivity index (χ0) is 11.3. The Hall–Kier alpha value is -1.55. The molecule has 4 nitrogen and oxygen atoms in total. The maximum absolute atomic E-state index is 11.4. The van der Waals surface area contributed by atoms with E-state index in [1.807, 2.05) is 26.0 Å². The van der Waals surface area contributed by atoms with E-state index in [4.69, 9.17) is 10.5 Å². The third-order valence-electron chi connectivity index (χ3n) is 1.78. The van der Waals surface area contributed by atoms with Gasteiger partial charge in [0.15, 0.2) is 0 Å². The van der Waals surface area contributed by atoms with E-state index in [-0.39, 0.29) is 18.6 Å². The van der Waals surface area contributed by atoms with Gasteiger partial charge in [0, 0.05) is 0 Å². The molecular formula is C11H16N2O2. The van der Waals surface area contributed by atoms with Gasteiger partial charge in [0.2, 0.25) is 5.91 Å². The van der Waals surface area contributed by atoms with Gasteiger partial charge < -0.3 is 15.8 Å². The van der Waals surface area contributed by atoms with Gasteiger partial charge in [-0.1, -0.05) is 12.1 Å². The van der Waals surface area contributed by atoms with E-state index in [0.717, 1.165) is 0 Å². The molecule has 4 heteroatoms. The van der Waals surface area contributed by atoms with E-state index >= 15 is 0 Å². The summed E-state index contributed by atoms with van der Waals surface area (Å²) in [4.78, 5) is 11.4. The molecule has 15 heavy (non-hydrogen) atoms. The van der Waals surface area contributed by atoms with Crippen LogP contribution in [0.2, 0.25) is 0 Å². The normalized spacial score (nSPS) is 10.3. The van der Waals surface area contributed by atoms with Crippen molar-refractivity contribution >= 4 is 17.3 Å². The average Bonchev–Trinajstić information content (AvgIpc) is 2.18. The minimum Gasteiger partial charge on any atom is -0.397 e. The van der Waals surface area contributed by atoms with Gasteiger partial charge in [0.05, 0.1) is 17.5 Å². The molecule has 0 aromatic heterocycles. The van der Waals surface area contributed by atoms with Crippen LogP contribution in [-0.2, 0) is 9.53 Å². The zero-order valence-electron chi connectivity index (χ0n) is 8.99. The number of nitrogens with two attached hydrogens (primary N) is 1. The first-order valence-electron chi connectivity index (χ1n) is 4.85. The van der Waals surface area contributed by atoms with E-state index < -0.39 is 0 Å². The lowest BCUT2D eigenvalue weighted by atomic mass is 10.3. The second-order valence-electron chi connectivity index (χ2n) is 3.50. The van der Waals surface area contributed by atoms with Gasteiger partial charge in [0.25, 0.3) is 0 Å². The number of benzene rings is 1. The van der Waals surface area contributed by atoms with E-state index in [1.165, 1.54) is 0 Å². The third-order valence-corrected chi connectivity index (χ3v) is 1.78. The minimum atomic E-state index is -0.193. The molecule has 0 spiro atoms. The lowest BCUT2D eigenvalue weighted by molar-refractivity contribution is -0.121. The number of hydrogen-bond acceptors (Lipinski definition) is 3. The molecule has 0 atom stereocenters. The minimum absolute atomic E-state index is 0.0453. The molecule has 82 valence electrons. The molecular weight excluding hydrogens is 192 g/mol. The molecule has 0 bridgehead atoms. The van der Waals surface area contributed by atoms with Crippen LogP contribution in [0.1, 0.15) is 13.8 Å². The van der Waals surface area contributed by atoms with Crippen molar-refractivity contribution in [3.8, 4) is 0 Å². The van der Waals surface area contributed by atoms with E-state index in [9.17, 15) is 4.79 Å². The number of nitrogen functional groups attached to an aromatic ring is 1. The Morgan fingerprint density at radius 3 is 2.73 bits per heavy atom. The summed E-state index contributed by atoms with van der Waals surface area (Å²) >= 11 is 0. The maximum Gasteiger partial charge on any atom is 0.250 e. The SMILES string of the molecule is CC(C)OCC(=O)Nc1ccccc1N. The van der Waals surface area contributed by atoms with Crippen molar-refractivity contribution in [2.24, 2.45) is 0 Å². The van der Waals surface area contributed by atoms with Crippen molar-refractivity contribution < 1.29 is 9.53 Å². The Kier molecular flexibility index (Phi) is 4.12. The van der Waals surface area contributed by atoms with Crippen LogP contribution < -0.4 is 11.1 Å². The van der Waals surface area contributed by atoms with Crippen LogP contribution in [0, 0.1) is 0 Å². The molecule has 1 rings (SSSR count). The summed E-state index contributed by atoms with van der Waals surface area (Å²) in [6, 6.07) is 7.12. The number of carbonyl (C=O) groups excluding carboxylic acids is 1. The quantitative estimate of drug-likeness (QED) is 0.739. The van der Waals surface area contributed by atoms with Crippen LogP contribution in [0.5, 0.6) is 0 Å². The van der Waals surface area contributed by atoms with E-state index in [2.05, 4.69) is 5.32 Å². The highest BCUT2D eigenvalue weighted by Crippen LogP contribution is 2.16. The van der Waals surface area contributed by atoms with Gasteiger partial charge in [-0.25, -0.2) is 0 Å².